The van der Waals surface area contributed by atoms with E-state index in [1.165, 1.54) is 6.39 Å². The Kier molecular flexibility index (Phi) is 2.59. The van der Waals surface area contributed by atoms with Gasteiger partial charge in [0.25, 0.3) is 0 Å². The number of hydrogen-bond donors (Lipinski definition) is 0. The smallest absolute Gasteiger partial charge is 0.213 e. The Hall–Kier alpha value is -1.91. The van der Waals surface area contributed by atoms with Gasteiger partial charge in [0.2, 0.25) is 6.39 Å². The van der Waals surface area contributed by atoms with Crippen molar-refractivity contribution in [1.29, 1.82) is 0 Å². The van der Waals surface area contributed by atoms with Crippen LogP contribution in [0.2, 0.25) is 0 Å². The molecule has 2 heterocycles. The second kappa shape index (κ2) is 4.05. The standard InChI is InChI=1S/C14H17N3O2/c1-9-4-10-11(5-14(2,3)6-12(10)18)17(9)7-13-15-8-19-16-13/h4,8H,5-7H2,1-3H3. The molecule has 0 unspecified atom stereocenters. The Morgan fingerprint density at radius 3 is 2.89 bits per heavy atom. The van der Waals surface area contributed by atoms with Crippen LogP contribution >= 0.6 is 0 Å². The summed E-state index contributed by atoms with van der Waals surface area (Å²) in [5, 5.41) is 3.84. The number of carbonyl (C=O) groups is 1. The van der Waals surface area contributed by atoms with Gasteiger partial charge in [-0.3, -0.25) is 4.79 Å². The molecule has 0 spiro atoms. The number of ketones is 1. The highest BCUT2D eigenvalue weighted by atomic mass is 16.5. The van der Waals surface area contributed by atoms with Gasteiger partial charge >= 0.3 is 0 Å². The van der Waals surface area contributed by atoms with E-state index < -0.39 is 0 Å². The Balaban J connectivity index is 2.04. The molecule has 0 saturated heterocycles. The molecule has 2 aromatic rings. The summed E-state index contributed by atoms with van der Waals surface area (Å²) in [6.45, 7) is 6.84. The maximum atomic E-state index is 12.2. The van der Waals surface area contributed by atoms with Crippen molar-refractivity contribution >= 4 is 5.78 Å². The third kappa shape index (κ3) is 2.09. The molecule has 19 heavy (non-hydrogen) atoms. The minimum Gasteiger partial charge on any atom is -0.343 e. The molecule has 5 nitrogen and oxygen atoms in total. The van der Waals surface area contributed by atoms with Gasteiger partial charge in [-0.1, -0.05) is 19.0 Å². The van der Waals surface area contributed by atoms with Crippen molar-refractivity contribution in [2.24, 2.45) is 5.41 Å². The molecule has 1 aliphatic carbocycles. The lowest BCUT2D eigenvalue weighted by atomic mass is 9.76. The predicted octanol–water partition coefficient (Wildman–Crippen LogP) is 2.38. The summed E-state index contributed by atoms with van der Waals surface area (Å²) in [5.74, 6) is 0.874. The van der Waals surface area contributed by atoms with Crippen LogP contribution in [0.25, 0.3) is 0 Å². The molecular weight excluding hydrogens is 242 g/mol. The van der Waals surface area contributed by atoms with Gasteiger partial charge in [0.15, 0.2) is 11.6 Å². The first-order chi connectivity index (χ1) is 8.96. The molecule has 3 rings (SSSR count). The Morgan fingerprint density at radius 1 is 1.42 bits per heavy atom. The monoisotopic (exact) mass is 259 g/mol. The predicted molar refractivity (Wildman–Crippen MR) is 69.0 cm³/mol. The number of hydrogen-bond acceptors (Lipinski definition) is 4. The van der Waals surface area contributed by atoms with E-state index in [4.69, 9.17) is 4.52 Å². The molecule has 5 heteroatoms. The van der Waals surface area contributed by atoms with Gasteiger partial charge in [-0.2, -0.15) is 4.98 Å². The van der Waals surface area contributed by atoms with Crippen LogP contribution < -0.4 is 0 Å². The van der Waals surface area contributed by atoms with Gasteiger partial charge in [0.05, 0.1) is 6.54 Å². The van der Waals surface area contributed by atoms with Gasteiger partial charge in [0, 0.05) is 23.4 Å². The molecular formula is C14H17N3O2. The van der Waals surface area contributed by atoms with Crippen molar-refractivity contribution < 1.29 is 9.32 Å². The third-order valence-electron chi connectivity index (χ3n) is 3.71. The number of fused-ring (bicyclic) bond motifs is 1. The first-order valence-electron chi connectivity index (χ1n) is 6.44. The Labute approximate surface area is 111 Å². The van der Waals surface area contributed by atoms with E-state index in [-0.39, 0.29) is 11.2 Å². The zero-order valence-corrected chi connectivity index (χ0v) is 11.4. The lowest BCUT2D eigenvalue weighted by Gasteiger charge is -2.29. The topological polar surface area (TPSA) is 60.9 Å². The van der Waals surface area contributed by atoms with Crippen molar-refractivity contribution in [3.05, 3.63) is 35.2 Å². The van der Waals surface area contributed by atoms with E-state index in [0.29, 0.717) is 18.8 Å². The quantitative estimate of drug-likeness (QED) is 0.830. The number of nitrogens with zero attached hydrogens (tertiary/aromatic N) is 3. The first-order valence-corrected chi connectivity index (χ1v) is 6.44. The van der Waals surface area contributed by atoms with Crippen LogP contribution in [0.3, 0.4) is 0 Å². The lowest BCUT2D eigenvalue weighted by molar-refractivity contribution is 0.0910. The zero-order chi connectivity index (χ0) is 13.6. The van der Waals surface area contributed by atoms with Crippen LogP contribution in [0.15, 0.2) is 17.0 Å². The summed E-state index contributed by atoms with van der Waals surface area (Å²) in [6.07, 6.45) is 2.85. The van der Waals surface area contributed by atoms with Crippen molar-refractivity contribution in [1.82, 2.24) is 14.7 Å². The molecule has 100 valence electrons. The number of Topliss-reactive ketones (excluding diaryl/α,β-unsaturated/α-hetero) is 1. The molecule has 2 aromatic heterocycles. The second-order valence-electron chi connectivity index (χ2n) is 6.02. The minimum atomic E-state index is 0.0177. The Morgan fingerprint density at radius 2 is 2.21 bits per heavy atom. The van der Waals surface area contributed by atoms with Gasteiger partial charge in [0.1, 0.15) is 0 Å². The van der Waals surface area contributed by atoms with E-state index in [1.54, 1.807) is 0 Å². The zero-order valence-electron chi connectivity index (χ0n) is 11.4. The number of carbonyl (C=O) groups excluding carboxylic acids is 1. The summed E-state index contributed by atoms with van der Waals surface area (Å²) in [4.78, 5) is 16.3. The van der Waals surface area contributed by atoms with Crippen molar-refractivity contribution in [3.63, 3.8) is 0 Å². The van der Waals surface area contributed by atoms with E-state index in [0.717, 1.165) is 23.4 Å². The average Bonchev–Trinajstić information content (AvgIpc) is 2.90. The van der Waals surface area contributed by atoms with Crippen LogP contribution in [0, 0.1) is 12.3 Å². The van der Waals surface area contributed by atoms with E-state index >= 15 is 0 Å². The molecule has 0 aromatic carbocycles. The largest absolute Gasteiger partial charge is 0.343 e. The van der Waals surface area contributed by atoms with Crippen molar-refractivity contribution in [2.45, 2.75) is 40.2 Å². The van der Waals surface area contributed by atoms with Gasteiger partial charge < -0.3 is 9.09 Å². The molecule has 0 atom stereocenters. The van der Waals surface area contributed by atoms with Crippen LogP contribution in [-0.2, 0) is 13.0 Å². The van der Waals surface area contributed by atoms with Crippen LogP contribution in [-0.4, -0.2) is 20.5 Å². The van der Waals surface area contributed by atoms with E-state index in [1.807, 2.05) is 13.0 Å². The fraction of sp³-hybridized carbons (Fsp3) is 0.500. The fourth-order valence-corrected chi connectivity index (χ4v) is 2.83. The molecule has 0 radical (unpaired) electrons. The molecule has 0 bridgehead atoms. The summed E-state index contributed by atoms with van der Waals surface area (Å²) < 4.78 is 6.89. The molecule has 1 aliphatic rings. The van der Waals surface area contributed by atoms with Crippen LogP contribution in [0.4, 0.5) is 0 Å². The molecule has 0 amide bonds. The number of aryl methyl sites for hydroxylation is 1. The summed E-state index contributed by atoms with van der Waals surface area (Å²) >= 11 is 0. The highest BCUT2D eigenvalue weighted by molar-refractivity contribution is 5.99. The summed E-state index contributed by atoms with van der Waals surface area (Å²) in [5.41, 5.74) is 3.05. The van der Waals surface area contributed by atoms with Gasteiger partial charge in [-0.05, 0) is 24.8 Å². The Bertz CT molecular complexity index is 623. The number of rotatable bonds is 2. The number of aromatic nitrogens is 3. The van der Waals surface area contributed by atoms with Gasteiger partial charge in [-0.15, -0.1) is 0 Å². The van der Waals surface area contributed by atoms with E-state index in [2.05, 4.69) is 28.6 Å². The van der Waals surface area contributed by atoms with Crippen LogP contribution in [0.1, 0.15) is 47.8 Å². The summed E-state index contributed by atoms with van der Waals surface area (Å²) in [6, 6.07) is 1.98. The molecule has 0 saturated carbocycles. The third-order valence-corrected chi connectivity index (χ3v) is 3.71. The highest BCUT2D eigenvalue weighted by Crippen LogP contribution is 2.36. The normalized spacial score (nSPS) is 17.5. The minimum absolute atomic E-state index is 0.0177. The van der Waals surface area contributed by atoms with Crippen LogP contribution in [0.5, 0.6) is 0 Å². The molecule has 0 N–H and O–H groups in total. The van der Waals surface area contributed by atoms with Crippen molar-refractivity contribution in [2.75, 3.05) is 0 Å². The summed E-state index contributed by atoms with van der Waals surface area (Å²) in [7, 11) is 0. The van der Waals surface area contributed by atoms with Gasteiger partial charge in [-0.25, -0.2) is 0 Å². The SMILES string of the molecule is Cc1cc2c(n1Cc1ncon1)CC(C)(C)CC2=O. The first kappa shape index (κ1) is 12.1. The molecule has 0 fully saturated rings. The lowest BCUT2D eigenvalue weighted by Crippen LogP contribution is -2.28. The molecule has 0 aliphatic heterocycles. The van der Waals surface area contributed by atoms with E-state index in [9.17, 15) is 4.79 Å². The fourth-order valence-electron chi connectivity index (χ4n) is 2.83. The second-order valence-corrected chi connectivity index (χ2v) is 6.02. The maximum absolute atomic E-state index is 12.2. The highest BCUT2D eigenvalue weighted by Gasteiger charge is 2.33. The van der Waals surface area contributed by atoms with Crippen molar-refractivity contribution in [3.8, 4) is 0 Å². The maximum Gasteiger partial charge on any atom is 0.213 e. The average molecular weight is 259 g/mol.